The molecular weight excluding hydrogens is 371 g/mol. The number of hydrogen-bond donors (Lipinski definition) is 0. The first-order chi connectivity index (χ1) is 13.3. The van der Waals surface area contributed by atoms with Gasteiger partial charge in [0, 0.05) is 5.75 Å². The normalized spacial score (nSPS) is 15.5. The van der Waals surface area contributed by atoms with Crippen molar-refractivity contribution >= 4 is 11.8 Å². The predicted molar refractivity (Wildman–Crippen MR) is 96.8 cm³/mol. The van der Waals surface area contributed by atoms with Gasteiger partial charge in [0.2, 0.25) is 6.10 Å². The third-order valence-corrected chi connectivity index (χ3v) is 4.71. The van der Waals surface area contributed by atoms with Crippen LogP contribution in [0.25, 0.3) is 0 Å². The third kappa shape index (κ3) is 4.51. The molecule has 0 spiro atoms. The van der Waals surface area contributed by atoms with Gasteiger partial charge in [0.25, 0.3) is 11.1 Å². The van der Waals surface area contributed by atoms with Crippen molar-refractivity contribution in [3.8, 4) is 17.2 Å². The largest absolute Gasteiger partial charge is 0.494 e. The van der Waals surface area contributed by atoms with Gasteiger partial charge in [-0.2, -0.15) is 0 Å². The molecule has 1 aromatic heterocycles. The molecule has 4 rings (SSSR count). The van der Waals surface area contributed by atoms with E-state index in [-0.39, 0.29) is 5.82 Å². The maximum atomic E-state index is 12.8. The van der Waals surface area contributed by atoms with E-state index in [2.05, 4.69) is 10.2 Å². The zero-order chi connectivity index (χ0) is 18.5. The lowest BCUT2D eigenvalue weighted by atomic mass is 10.2. The first kappa shape index (κ1) is 17.7. The Morgan fingerprint density at radius 1 is 1.07 bits per heavy atom. The molecule has 0 radical (unpaired) electrons. The highest BCUT2D eigenvalue weighted by atomic mass is 32.2. The van der Waals surface area contributed by atoms with Gasteiger partial charge in [-0.05, 0) is 42.8 Å². The number of thioether (sulfide) groups is 1. The Balaban J connectivity index is 1.22. The molecule has 8 heteroatoms. The quantitative estimate of drug-likeness (QED) is 0.442. The average molecular weight is 388 g/mol. The molecule has 1 unspecified atom stereocenters. The molecule has 0 bridgehead atoms. The van der Waals surface area contributed by atoms with Crippen LogP contribution in [0.3, 0.4) is 0 Å². The summed E-state index contributed by atoms with van der Waals surface area (Å²) in [5.41, 5.74) is 0. The first-order valence-electron chi connectivity index (χ1n) is 8.51. The standard InChI is InChI=1S/C19H17FN2O4S/c20-13-6-8-14(9-7-13)23-10-3-11-27-19-22-21-18(26-19)17-12-24-15-4-1-2-5-16(15)25-17/h1-2,4-9,17H,3,10-12H2. The Bertz CT molecular complexity index is 887. The Labute approximate surface area is 159 Å². The molecule has 1 aliphatic rings. The van der Waals surface area contributed by atoms with E-state index in [0.29, 0.717) is 41.6 Å². The Hall–Kier alpha value is -2.74. The van der Waals surface area contributed by atoms with Crippen molar-refractivity contribution in [1.29, 1.82) is 0 Å². The first-order valence-corrected chi connectivity index (χ1v) is 9.49. The fourth-order valence-electron chi connectivity index (χ4n) is 2.49. The van der Waals surface area contributed by atoms with Crippen LogP contribution in [0.4, 0.5) is 4.39 Å². The van der Waals surface area contributed by atoms with Crippen molar-refractivity contribution in [3.63, 3.8) is 0 Å². The summed E-state index contributed by atoms with van der Waals surface area (Å²) in [6, 6.07) is 13.4. The van der Waals surface area contributed by atoms with Crippen LogP contribution in [0.1, 0.15) is 18.4 Å². The SMILES string of the molecule is Fc1ccc(OCCCSc2nnc(C3COc4ccccc4O3)o2)cc1. The Morgan fingerprint density at radius 2 is 1.89 bits per heavy atom. The van der Waals surface area contributed by atoms with Gasteiger partial charge in [0.1, 0.15) is 18.2 Å². The van der Waals surface area contributed by atoms with Gasteiger partial charge in [0.05, 0.1) is 6.61 Å². The van der Waals surface area contributed by atoms with Crippen LogP contribution in [0.5, 0.6) is 17.2 Å². The second kappa shape index (κ2) is 8.30. The molecule has 2 heterocycles. The van der Waals surface area contributed by atoms with Crippen molar-refractivity contribution < 1.29 is 23.0 Å². The van der Waals surface area contributed by atoms with E-state index in [1.54, 1.807) is 12.1 Å². The van der Waals surface area contributed by atoms with Gasteiger partial charge < -0.3 is 18.6 Å². The summed E-state index contributed by atoms with van der Waals surface area (Å²) in [7, 11) is 0. The summed E-state index contributed by atoms with van der Waals surface area (Å²) in [5.74, 6) is 2.91. The van der Waals surface area contributed by atoms with Crippen LogP contribution >= 0.6 is 11.8 Å². The van der Waals surface area contributed by atoms with Gasteiger partial charge >= 0.3 is 0 Å². The van der Waals surface area contributed by atoms with E-state index in [9.17, 15) is 4.39 Å². The Morgan fingerprint density at radius 3 is 2.74 bits per heavy atom. The third-order valence-electron chi connectivity index (χ3n) is 3.80. The highest BCUT2D eigenvalue weighted by molar-refractivity contribution is 7.99. The summed E-state index contributed by atoms with van der Waals surface area (Å²) < 4.78 is 35.6. The van der Waals surface area contributed by atoms with E-state index >= 15 is 0 Å². The van der Waals surface area contributed by atoms with Crippen molar-refractivity contribution in [1.82, 2.24) is 10.2 Å². The highest BCUT2D eigenvalue weighted by Crippen LogP contribution is 2.35. The number of ether oxygens (including phenoxy) is 3. The van der Waals surface area contributed by atoms with Crippen molar-refractivity contribution in [3.05, 3.63) is 60.2 Å². The smallest absolute Gasteiger partial charge is 0.276 e. The molecule has 1 atom stereocenters. The summed E-state index contributed by atoms with van der Waals surface area (Å²) in [6.07, 6.45) is 0.374. The molecule has 0 N–H and O–H groups in total. The van der Waals surface area contributed by atoms with E-state index in [4.69, 9.17) is 18.6 Å². The van der Waals surface area contributed by atoms with Crippen molar-refractivity contribution in [2.45, 2.75) is 17.7 Å². The fourth-order valence-corrected chi connectivity index (χ4v) is 3.17. The second-order valence-electron chi connectivity index (χ2n) is 5.77. The predicted octanol–water partition coefficient (Wildman–Crippen LogP) is 4.28. The van der Waals surface area contributed by atoms with E-state index in [1.165, 1.54) is 23.9 Å². The number of nitrogens with zero attached hydrogens (tertiary/aromatic N) is 2. The fraction of sp³-hybridized carbons (Fsp3) is 0.263. The Kier molecular flexibility index (Phi) is 5.43. The average Bonchev–Trinajstić information content (AvgIpc) is 3.18. The number of halogens is 1. The van der Waals surface area contributed by atoms with E-state index in [0.717, 1.165) is 12.2 Å². The number of hydrogen-bond acceptors (Lipinski definition) is 7. The number of fused-ring (bicyclic) bond motifs is 1. The van der Waals surface area contributed by atoms with Crippen LogP contribution in [-0.4, -0.2) is 29.2 Å². The number of benzene rings is 2. The second-order valence-corrected chi connectivity index (χ2v) is 6.82. The molecule has 1 aliphatic heterocycles. The zero-order valence-corrected chi connectivity index (χ0v) is 15.2. The van der Waals surface area contributed by atoms with Crippen LogP contribution in [0.2, 0.25) is 0 Å². The van der Waals surface area contributed by atoms with E-state index < -0.39 is 6.10 Å². The molecule has 0 saturated heterocycles. The molecule has 0 fully saturated rings. The van der Waals surface area contributed by atoms with Gasteiger partial charge in [-0.15, -0.1) is 10.2 Å². The van der Waals surface area contributed by atoms with Gasteiger partial charge in [-0.25, -0.2) is 4.39 Å². The molecule has 140 valence electrons. The summed E-state index contributed by atoms with van der Waals surface area (Å²) >= 11 is 1.45. The number of para-hydroxylation sites is 2. The van der Waals surface area contributed by atoms with Crippen LogP contribution < -0.4 is 14.2 Å². The molecule has 0 amide bonds. The summed E-state index contributed by atoms with van der Waals surface area (Å²) in [5, 5.41) is 8.58. The maximum Gasteiger partial charge on any atom is 0.276 e. The molecule has 27 heavy (non-hydrogen) atoms. The van der Waals surface area contributed by atoms with Crippen molar-refractivity contribution in [2.75, 3.05) is 19.0 Å². The van der Waals surface area contributed by atoms with Crippen LogP contribution in [0, 0.1) is 5.82 Å². The topological polar surface area (TPSA) is 66.6 Å². The highest BCUT2D eigenvalue weighted by Gasteiger charge is 2.27. The summed E-state index contributed by atoms with van der Waals surface area (Å²) in [4.78, 5) is 0. The minimum atomic E-state index is -0.413. The van der Waals surface area contributed by atoms with Crippen LogP contribution in [-0.2, 0) is 0 Å². The van der Waals surface area contributed by atoms with Crippen molar-refractivity contribution in [2.24, 2.45) is 0 Å². The molecule has 6 nitrogen and oxygen atoms in total. The number of aromatic nitrogens is 2. The lowest BCUT2D eigenvalue weighted by molar-refractivity contribution is 0.0686. The maximum absolute atomic E-state index is 12.8. The summed E-state index contributed by atoms with van der Waals surface area (Å²) in [6.45, 7) is 0.852. The van der Waals surface area contributed by atoms with E-state index in [1.807, 2.05) is 24.3 Å². The number of rotatable bonds is 7. The lowest BCUT2D eigenvalue weighted by Crippen LogP contribution is -2.21. The molecule has 0 aliphatic carbocycles. The molecular formula is C19H17FN2O4S. The molecule has 3 aromatic rings. The minimum absolute atomic E-state index is 0.277. The van der Waals surface area contributed by atoms with Gasteiger partial charge in [-0.3, -0.25) is 0 Å². The van der Waals surface area contributed by atoms with Gasteiger partial charge in [-0.1, -0.05) is 23.9 Å². The monoisotopic (exact) mass is 388 g/mol. The van der Waals surface area contributed by atoms with Crippen LogP contribution in [0.15, 0.2) is 58.2 Å². The molecule has 2 aromatic carbocycles. The lowest BCUT2D eigenvalue weighted by Gasteiger charge is -2.23. The zero-order valence-electron chi connectivity index (χ0n) is 14.3. The minimum Gasteiger partial charge on any atom is -0.494 e. The molecule has 0 saturated carbocycles. The van der Waals surface area contributed by atoms with Gasteiger partial charge in [0.15, 0.2) is 11.5 Å².